The van der Waals surface area contributed by atoms with Crippen LogP contribution in [0.3, 0.4) is 0 Å². The number of nitrogens with zero attached hydrogens (tertiary/aromatic N) is 3. The number of hydrogen-bond acceptors (Lipinski definition) is 6. The monoisotopic (exact) mass is 254 g/mol. The number of rotatable bonds is 6. The summed E-state index contributed by atoms with van der Waals surface area (Å²) in [5.41, 5.74) is 0.245. The Kier molecular flexibility index (Phi) is 4.96. The van der Waals surface area contributed by atoms with Crippen LogP contribution in [0.1, 0.15) is 31.9 Å². The van der Waals surface area contributed by atoms with E-state index in [1.54, 1.807) is 0 Å². The van der Waals surface area contributed by atoms with E-state index in [1.165, 1.54) is 13.4 Å². The molecule has 0 amide bonds. The maximum absolute atomic E-state index is 11.1. The summed E-state index contributed by atoms with van der Waals surface area (Å²) in [7, 11) is 3.19. The van der Waals surface area contributed by atoms with Gasteiger partial charge in [-0.25, -0.2) is 4.98 Å². The number of hydrogen-bond donors (Lipinski definition) is 1. The second-order valence-electron chi connectivity index (χ2n) is 3.97. The van der Waals surface area contributed by atoms with Gasteiger partial charge in [0.05, 0.1) is 12.0 Å². The first kappa shape index (κ1) is 14.3. The average molecular weight is 254 g/mol. The zero-order chi connectivity index (χ0) is 13.7. The predicted octanol–water partition coefficient (Wildman–Crippen LogP) is 1.49. The highest BCUT2D eigenvalue weighted by Gasteiger charge is 2.30. The van der Waals surface area contributed by atoms with Gasteiger partial charge in [0.25, 0.3) is 5.88 Å². The Bertz CT molecular complexity index is 421. The van der Waals surface area contributed by atoms with E-state index in [4.69, 9.17) is 4.74 Å². The fourth-order valence-electron chi connectivity index (χ4n) is 2.03. The minimum atomic E-state index is -0.493. The van der Waals surface area contributed by atoms with Crippen molar-refractivity contribution >= 4 is 5.69 Å². The van der Waals surface area contributed by atoms with E-state index in [0.29, 0.717) is 5.69 Å². The highest BCUT2D eigenvalue weighted by molar-refractivity contribution is 5.46. The molecule has 0 spiro atoms. The molecular formula is C11H18N4O3. The normalized spacial score (nSPS) is 14.0. The van der Waals surface area contributed by atoms with Crippen LogP contribution < -0.4 is 10.1 Å². The van der Waals surface area contributed by atoms with Crippen LogP contribution in [0.5, 0.6) is 5.88 Å². The van der Waals surface area contributed by atoms with Crippen LogP contribution >= 0.6 is 0 Å². The summed E-state index contributed by atoms with van der Waals surface area (Å²) in [6.07, 6.45) is 2.14. The van der Waals surface area contributed by atoms with Crippen molar-refractivity contribution in [3.05, 3.63) is 22.1 Å². The van der Waals surface area contributed by atoms with Crippen molar-refractivity contribution in [3.8, 4) is 5.88 Å². The Morgan fingerprint density at radius 3 is 2.67 bits per heavy atom. The van der Waals surface area contributed by atoms with E-state index in [-0.39, 0.29) is 23.5 Å². The summed E-state index contributed by atoms with van der Waals surface area (Å²) in [6.45, 7) is 3.92. The van der Waals surface area contributed by atoms with Gasteiger partial charge < -0.3 is 10.1 Å². The molecule has 1 aromatic rings. The topological polar surface area (TPSA) is 90.2 Å². The molecule has 7 heteroatoms. The molecule has 0 aliphatic rings. The number of nitro groups is 1. The molecule has 0 saturated heterocycles. The first-order valence-electron chi connectivity index (χ1n) is 5.77. The fraction of sp³-hybridized carbons (Fsp3) is 0.636. The fourth-order valence-corrected chi connectivity index (χ4v) is 2.03. The molecule has 0 fully saturated rings. The predicted molar refractivity (Wildman–Crippen MR) is 66.8 cm³/mol. The molecule has 0 bridgehead atoms. The Morgan fingerprint density at radius 2 is 2.22 bits per heavy atom. The summed E-state index contributed by atoms with van der Waals surface area (Å²) < 4.78 is 4.93. The van der Waals surface area contributed by atoms with E-state index < -0.39 is 4.92 Å². The van der Waals surface area contributed by atoms with Crippen LogP contribution in [0.4, 0.5) is 5.69 Å². The Labute approximate surface area is 106 Å². The maximum atomic E-state index is 11.1. The molecular weight excluding hydrogens is 236 g/mol. The number of methoxy groups -OCH3 is 1. The number of aromatic nitrogens is 2. The van der Waals surface area contributed by atoms with Gasteiger partial charge in [-0.3, -0.25) is 10.1 Å². The SMILES string of the molecule is CCC(NC)C(C)c1ncnc(OC)c1[N+](=O)[O-]. The molecule has 0 radical (unpaired) electrons. The van der Waals surface area contributed by atoms with Gasteiger partial charge in [-0.15, -0.1) is 0 Å². The van der Waals surface area contributed by atoms with Crippen molar-refractivity contribution in [2.45, 2.75) is 32.2 Å². The molecule has 100 valence electrons. The summed E-state index contributed by atoms with van der Waals surface area (Å²) >= 11 is 0. The Morgan fingerprint density at radius 1 is 1.56 bits per heavy atom. The third-order valence-corrected chi connectivity index (χ3v) is 3.04. The van der Waals surface area contributed by atoms with Crippen LogP contribution in [0.25, 0.3) is 0 Å². The third kappa shape index (κ3) is 2.73. The van der Waals surface area contributed by atoms with E-state index in [9.17, 15) is 10.1 Å². The van der Waals surface area contributed by atoms with Gasteiger partial charge in [-0.2, -0.15) is 4.98 Å². The highest BCUT2D eigenvalue weighted by atomic mass is 16.6. The Balaban J connectivity index is 3.26. The third-order valence-electron chi connectivity index (χ3n) is 3.04. The number of likely N-dealkylation sites (N-methyl/N-ethyl adjacent to an activating group) is 1. The minimum Gasteiger partial charge on any atom is -0.476 e. The van der Waals surface area contributed by atoms with E-state index in [1.807, 2.05) is 20.9 Å². The summed E-state index contributed by atoms with van der Waals surface area (Å²) in [6, 6.07) is 0.114. The lowest BCUT2D eigenvalue weighted by molar-refractivity contribution is -0.387. The molecule has 0 aliphatic heterocycles. The van der Waals surface area contributed by atoms with E-state index >= 15 is 0 Å². The van der Waals surface area contributed by atoms with Gasteiger partial charge in [-0.1, -0.05) is 13.8 Å². The minimum absolute atomic E-state index is 0.00260. The molecule has 1 heterocycles. The molecule has 1 aromatic heterocycles. The summed E-state index contributed by atoms with van der Waals surface area (Å²) in [4.78, 5) is 18.5. The van der Waals surface area contributed by atoms with Crippen LogP contribution in [0.2, 0.25) is 0 Å². The van der Waals surface area contributed by atoms with Gasteiger partial charge in [0.2, 0.25) is 0 Å². The van der Waals surface area contributed by atoms with Gasteiger partial charge in [0.1, 0.15) is 12.0 Å². The summed E-state index contributed by atoms with van der Waals surface area (Å²) in [5.74, 6) is -0.0971. The zero-order valence-corrected chi connectivity index (χ0v) is 11.0. The lowest BCUT2D eigenvalue weighted by Gasteiger charge is -2.21. The van der Waals surface area contributed by atoms with Crippen molar-refractivity contribution < 1.29 is 9.66 Å². The molecule has 2 atom stereocenters. The van der Waals surface area contributed by atoms with Crippen molar-refractivity contribution in [1.29, 1.82) is 0 Å². The van der Waals surface area contributed by atoms with Crippen molar-refractivity contribution in [1.82, 2.24) is 15.3 Å². The van der Waals surface area contributed by atoms with Crippen LogP contribution in [0.15, 0.2) is 6.33 Å². The largest absolute Gasteiger partial charge is 0.476 e. The van der Waals surface area contributed by atoms with Crippen LogP contribution in [-0.4, -0.2) is 35.1 Å². The highest BCUT2D eigenvalue weighted by Crippen LogP contribution is 2.33. The quantitative estimate of drug-likeness (QED) is 0.611. The summed E-state index contributed by atoms with van der Waals surface area (Å²) in [5, 5.41) is 14.3. The molecule has 0 aliphatic carbocycles. The second-order valence-corrected chi connectivity index (χ2v) is 3.97. The van der Waals surface area contributed by atoms with E-state index in [0.717, 1.165) is 6.42 Å². The van der Waals surface area contributed by atoms with Gasteiger partial charge >= 0.3 is 5.69 Å². The first-order chi connectivity index (χ1) is 8.56. The van der Waals surface area contributed by atoms with Crippen LogP contribution in [-0.2, 0) is 0 Å². The smallest absolute Gasteiger partial charge is 0.352 e. The van der Waals surface area contributed by atoms with Gasteiger partial charge in [-0.05, 0) is 13.5 Å². The van der Waals surface area contributed by atoms with E-state index in [2.05, 4.69) is 15.3 Å². The Hall–Kier alpha value is -1.76. The zero-order valence-electron chi connectivity index (χ0n) is 11.0. The second kappa shape index (κ2) is 6.25. The standard InChI is InChI=1S/C11H18N4O3/c1-5-8(12-3)7(2)9-10(15(16)17)11(18-4)14-6-13-9/h6-8,12H,5H2,1-4H3. The molecule has 1 N–H and O–H groups in total. The molecule has 2 unspecified atom stereocenters. The number of ether oxygens (including phenoxy) is 1. The van der Waals surface area contributed by atoms with Gasteiger partial charge in [0.15, 0.2) is 0 Å². The van der Waals surface area contributed by atoms with Crippen molar-refractivity contribution in [2.24, 2.45) is 0 Å². The molecule has 1 rings (SSSR count). The average Bonchev–Trinajstić information content (AvgIpc) is 2.38. The lowest BCUT2D eigenvalue weighted by atomic mass is 9.95. The van der Waals surface area contributed by atoms with Crippen molar-refractivity contribution in [2.75, 3.05) is 14.2 Å². The molecule has 0 saturated carbocycles. The molecule has 0 aromatic carbocycles. The lowest BCUT2D eigenvalue weighted by Crippen LogP contribution is -2.30. The maximum Gasteiger partial charge on any atom is 0.352 e. The molecule has 18 heavy (non-hydrogen) atoms. The van der Waals surface area contributed by atoms with Gasteiger partial charge in [0, 0.05) is 12.0 Å². The molecule has 7 nitrogen and oxygen atoms in total. The first-order valence-corrected chi connectivity index (χ1v) is 5.77. The number of nitrogens with one attached hydrogen (secondary N) is 1. The van der Waals surface area contributed by atoms with Crippen molar-refractivity contribution in [3.63, 3.8) is 0 Å². The van der Waals surface area contributed by atoms with Crippen LogP contribution in [0, 0.1) is 10.1 Å².